The van der Waals surface area contributed by atoms with E-state index in [1.54, 1.807) is 16.8 Å². The van der Waals surface area contributed by atoms with E-state index in [9.17, 15) is 4.79 Å². The topological polar surface area (TPSA) is 65.4 Å². The zero-order valence-electron chi connectivity index (χ0n) is 16.5. The average Bonchev–Trinajstić information content (AvgIpc) is 3.37. The van der Waals surface area contributed by atoms with E-state index in [1.807, 2.05) is 55.5 Å². The molecule has 6 nitrogen and oxygen atoms in total. The third kappa shape index (κ3) is 5.03. The van der Waals surface area contributed by atoms with Gasteiger partial charge in [0, 0.05) is 18.2 Å². The molecule has 4 rings (SSSR count). The number of nitrogens with one attached hydrogen (secondary N) is 1. The first kappa shape index (κ1) is 19.2. The molecule has 1 aromatic heterocycles. The molecule has 0 saturated carbocycles. The minimum Gasteiger partial charge on any atom is -0.491 e. The Morgan fingerprint density at radius 3 is 2.86 bits per heavy atom. The summed E-state index contributed by atoms with van der Waals surface area (Å²) < 4.78 is 13.2. The highest BCUT2D eigenvalue weighted by molar-refractivity contribution is 6.04. The van der Waals surface area contributed by atoms with E-state index in [0.29, 0.717) is 30.3 Å². The quantitative estimate of drug-likeness (QED) is 0.660. The molecule has 1 N–H and O–H groups in total. The zero-order valence-corrected chi connectivity index (χ0v) is 16.5. The van der Waals surface area contributed by atoms with Gasteiger partial charge >= 0.3 is 0 Å². The number of ether oxygens (including phenoxy) is 2. The van der Waals surface area contributed by atoms with Crippen LogP contribution in [0.5, 0.6) is 5.75 Å². The molecule has 1 saturated heterocycles. The van der Waals surface area contributed by atoms with Gasteiger partial charge in [0.05, 0.1) is 18.3 Å². The lowest BCUT2D eigenvalue weighted by atomic mass is 10.2. The fraction of sp³-hybridized carbons (Fsp3) is 0.304. The van der Waals surface area contributed by atoms with Crippen LogP contribution in [0, 0.1) is 6.92 Å². The fourth-order valence-electron chi connectivity index (χ4n) is 3.40. The minimum absolute atomic E-state index is 0.141. The van der Waals surface area contributed by atoms with Crippen molar-refractivity contribution in [2.75, 3.05) is 18.5 Å². The third-order valence-electron chi connectivity index (χ3n) is 4.88. The molecule has 29 heavy (non-hydrogen) atoms. The number of nitrogens with zero attached hydrogens (tertiary/aromatic N) is 2. The van der Waals surface area contributed by atoms with Gasteiger partial charge in [-0.05, 0) is 43.5 Å². The molecule has 0 bridgehead atoms. The predicted octanol–water partition coefficient (Wildman–Crippen LogP) is 4.05. The summed E-state index contributed by atoms with van der Waals surface area (Å²) in [5, 5.41) is 7.48. The molecule has 0 aliphatic carbocycles. The summed E-state index contributed by atoms with van der Waals surface area (Å²) in [6, 6.07) is 19.1. The fourth-order valence-corrected chi connectivity index (χ4v) is 3.40. The molecule has 1 unspecified atom stereocenters. The lowest BCUT2D eigenvalue weighted by Crippen LogP contribution is -2.18. The maximum absolute atomic E-state index is 12.8. The van der Waals surface area contributed by atoms with Crippen molar-refractivity contribution >= 4 is 11.7 Å². The molecule has 1 amide bonds. The Hall–Kier alpha value is -3.12. The lowest BCUT2D eigenvalue weighted by Gasteiger charge is -2.13. The SMILES string of the molecule is Cc1cc(NC(=O)c2cccc(OCC3CCCO3)c2)n(Cc2ccccc2)n1. The number of anilines is 1. The minimum atomic E-state index is -0.193. The summed E-state index contributed by atoms with van der Waals surface area (Å²) in [5.41, 5.74) is 2.51. The second-order valence-electron chi connectivity index (χ2n) is 7.24. The van der Waals surface area contributed by atoms with Crippen LogP contribution < -0.4 is 10.1 Å². The average molecular weight is 391 g/mol. The van der Waals surface area contributed by atoms with Crippen molar-refractivity contribution in [2.45, 2.75) is 32.4 Å². The van der Waals surface area contributed by atoms with Gasteiger partial charge in [0.15, 0.2) is 0 Å². The van der Waals surface area contributed by atoms with Crippen molar-refractivity contribution in [1.82, 2.24) is 9.78 Å². The summed E-state index contributed by atoms with van der Waals surface area (Å²) in [6.07, 6.45) is 2.24. The second-order valence-corrected chi connectivity index (χ2v) is 7.24. The Morgan fingerprint density at radius 2 is 2.07 bits per heavy atom. The smallest absolute Gasteiger partial charge is 0.256 e. The number of aryl methyl sites for hydroxylation is 1. The van der Waals surface area contributed by atoms with Gasteiger partial charge in [0.25, 0.3) is 5.91 Å². The number of carbonyl (C=O) groups is 1. The van der Waals surface area contributed by atoms with Gasteiger partial charge in [-0.1, -0.05) is 36.4 Å². The Morgan fingerprint density at radius 1 is 1.21 bits per heavy atom. The van der Waals surface area contributed by atoms with Crippen molar-refractivity contribution in [3.8, 4) is 5.75 Å². The summed E-state index contributed by atoms with van der Waals surface area (Å²) in [6.45, 7) is 3.81. The number of aromatic nitrogens is 2. The molecule has 2 heterocycles. The van der Waals surface area contributed by atoms with E-state index in [4.69, 9.17) is 9.47 Å². The molecule has 1 aliphatic rings. The molecule has 150 valence electrons. The van der Waals surface area contributed by atoms with Crippen LogP contribution in [0.4, 0.5) is 5.82 Å². The molecule has 1 fully saturated rings. The number of amides is 1. The first-order valence-electron chi connectivity index (χ1n) is 9.91. The number of hydrogen-bond acceptors (Lipinski definition) is 4. The monoisotopic (exact) mass is 391 g/mol. The zero-order chi connectivity index (χ0) is 20.1. The van der Waals surface area contributed by atoms with E-state index in [-0.39, 0.29) is 12.0 Å². The standard InChI is InChI=1S/C23H25N3O3/c1-17-13-22(26(25-17)15-18-7-3-2-4-8-18)24-23(27)19-9-5-10-20(14-19)29-16-21-11-6-12-28-21/h2-5,7-10,13-14,21H,6,11-12,15-16H2,1H3,(H,24,27). The number of rotatable bonds is 7. The van der Waals surface area contributed by atoms with Crippen molar-refractivity contribution < 1.29 is 14.3 Å². The lowest BCUT2D eigenvalue weighted by molar-refractivity contribution is 0.0679. The van der Waals surface area contributed by atoms with Gasteiger partial charge in [-0.15, -0.1) is 0 Å². The largest absolute Gasteiger partial charge is 0.491 e. The highest BCUT2D eigenvalue weighted by atomic mass is 16.5. The molecule has 3 aromatic rings. The van der Waals surface area contributed by atoms with Crippen LogP contribution in [0.3, 0.4) is 0 Å². The predicted molar refractivity (Wildman–Crippen MR) is 111 cm³/mol. The Bertz CT molecular complexity index is 963. The van der Waals surface area contributed by atoms with Gasteiger partial charge in [0.1, 0.15) is 18.2 Å². The Kier molecular flexibility index (Phi) is 5.91. The molecule has 2 aromatic carbocycles. The van der Waals surface area contributed by atoms with E-state index in [0.717, 1.165) is 30.7 Å². The number of carbonyl (C=O) groups excluding carboxylic acids is 1. The van der Waals surface area contributed by atoms with Crippen LogP contribution in [0.1, 0.15) is 34.5 Å². The third-order valence-corrected chi connectivity index (χ3v) is 4.88. The highest BCUT2D eigenvalue weighted by Crippen LogP contribution is 2.19. The van der Waals surface area contributed by atoms with Crippen molar-refractivity contribution in [3.63, 3.8) is 0 Å². The first-order valence-corrected chi connectivity index (χ1v) is 9.91. The Labute approximate surface area is 170 Å². The first-order chi connectivity index (χ1) is 14.2. The molecule has 0 spiro atoms. The molecule has 1 aliphatic heterocycles. The highest BCUT2D eigenvalue weighted by Gasteiger charge is 2.17. The van der Waals surface area contributed by atoms with Crippen molar-refractivity contribution in [2.24, 2.45) is 0 Å². The van der Waals surface area contributed by atoms with Crippen LogP contribution in [-0.2, 0) is 11.3 Å². The van der Waals surface area contributed by atoms with Crippen LogP contribution in [0.15, 0.2) is 60.7 Å². The maximum atomic E-state index is 12.8. The van der Waals surface area contributed by atoms with Crippen LogP contribution in [0.25, 0.3) is 0 Å². The van der Waals surface area contributed by atoms with Gasteiger partial charge in [-0.2, -0.15) is 5.10 Å². The van der Waals surface area contributed by atoms with E-state index < -0.39 is 0 Å². The molecular formula is C23H25N3O3. The summed E-state index contributed by atoms with van der Waals surface area (Å²) in [5.74, 6) is 1.14. The number of hydrogen-bond donors (Lipinski definition) is 1. The van der Waals surface area contributed by atoms with Crippen LogP contribution >= 0.6 is 0 Å². The molecule has 0 radical (unpaired) electrons. The molecular weight excluding hydrogens is 366 g/mol. The Balaban J connectivity index is 1.43. The van der Waals surface area contributed by atoms with E-state index in [2.05, 4.69) is 10.4 Å². The maximum Gasteiger partial charge on any atom is 0.256 e. The van der Waals surface area contributed by atoms with E-state index in [1.165, 1.54) is 0 Å². The van der Waals surface area contributed by atoms with Crippen molar-refractivity contribution in [1.29, 1.82) is 0 Å². The van der Waals surface area contributed by atoms with Crippen LogP contribution in [0.2, 0.25) is 0 Å². The van der Waals surface area contributed by atoms with Gasteiger partial charge < -0.3 is 14.8 Å². The normalized spacial score (nSPS) is 16.0. The van der Waals surface area contributed by atoms with Crippen LogP contribution in [-0.4, -0.2) is 35.0 Å². The van der Waals surface area contributed by atoms with Gasteiger partial charge in [0.2, 0.25) is 0 Å². The molecule has 1 atom stereocenters. The van der Waals surface area contributed by atoms with E-state index >= 15 is 0 Å². The second kappa shape index (κ2) is 8.92. The van der Waals surface area contributed by atoms with Gasteiger partial charge in [-0.3, -0.25) is 4.79 Å². The summed E-state index contributed by atoms with van der Waals surface area (Å²) in [7, 11) is 0. The summed E-state index contributed by atoms with van der Waals surface area (Å²) >= 11 is 0. The summed E-state index contributed by atoms with van der Waals surface area (Å²) in [4.78, 5) is 12.8. The van der Waals surface area contributed by atoms with Crippen molar-refractivity contribution in [3.05, 3.63) is 77.5 Å². The number of benzene rings is 2. The van der Waals surface area contributed by atoms with Gasteiger partial charge in [-0.25, -0.2) is 4.68 Å². The molecule has 6 heteroatoms.